The standard InChI is InChI=1S/C7H5BrF2N2O/c8-3-1-4(9)6(5(10)2-3)7(13)12-11/h1-2H,11H2,(H,12,13). The average molecular weight is 251 g/mol. The summed E-state index contributed by atoms with van der Waals surface area (Å²) in [6.07, 6.45) is 0. The minimum absolute atomic E-state index is 0.219. The van der Waals surface area contributed by atoms with Gasteiger partial charge in [0, 0.05) is 4.47 Å². The van der Waals surface area contributed by atoms with Crippen molar-refractivity contribution in [3.8, 4) is 0 Å². The summed E-state index contributed by atoms with van der Waals surface area (Å²) in [5, 5.41) is 0. The fraction of sp³-hybridized carbons (Fsp3) is 0. The molecular formula is C7H5BrF2N2O. The first-order chi connectivity index (χ1) is 6.06. The predicted octanol–water partition coefficient (Wildman–Crippen LogP) is 1.33. The van der Waals surface area contributed by atoms with Gasteiger partial charge in [0.15, 0.2) is 0 Å². The van der Waals surface area contributed by atoms with Crippen LogP contribution in [-0.2, 0) is 0 Å². The van der Waals surface area contributed by atoms with Crippen LogP contribution < -0.4 is 11.3 Å². The number of nitrogens with one attached hydrogen (secondary N) is 1. The van der Waals surface area contributed by atoms with Gasteiger partial charge in [0.1, 0.15) is 17.2 Å². The van der Waals surface area contributed by atoms with Gasteiger partial charge < -0.3 is 0 Å². The summed E-state index contributed by atoms with van der Waals surface area (Å²) < 4.78 is 26.1. The highest BCUT2D eigenvalue weighted by molar-refractivity contribution is 9.10. The molecule has 0 radical (unpaired) electrons. The molecule has 3 nitrogen and oxygen atoms in total. The first-order valence-electron chi connectivity index (χ1n) is 3.21. The van der Waals surface area contributed by atoms with Crippen molar-refractivity contribution in [2.75, 3.05) is 0 Å². The lowest BCUT2D eigenvalue weighted by molar-refractivity contribution is 0.0945. The van der Waals surface area contributed by atoms with Gasteiger partial charge in [-0.1, -0.05) is 15.9 Å². The lowest BCUT2D eigenvalue weighted by atomic mass is 10.2. The number of rotatable bonds is 1. The van der Waals surface area contributed by atoms with E-state index in [2.05, 4.69) is 15.9 Å². The maximum absolute atomic E-state index is 13.0. The van der Waals surface area contributed by atoms with E-state index in [0.717, 1.165) is 12.1 Å². The quantitative estimate of drug-likeness (QED) is 0.449. The van der Waals surface area contributed by atoms with Crippen molar-refractivity contribution in [3.05, 3.63) is 33.8 Å². The first-order valence-corrected chi connectivity index (χ1v) is 4.01. The number of hydrogen-bond acceptors (Lipinski definition) is 2. The summed E-state index contributed by atoms with van der Waals surface area (Å²) in [7, 11) is 0. The Labute approximate surface area is 81.0 Å². The molecule has 0 bridgehead atoms. The maximum Gasteiger partial charge on any atom is 0.271 e. The van der Waals surface area contributed by atoms with E-state index >= 15 is 0 Å². The Morgan fingerprint density at radius 3 is 2.23 bits per heavy atom. The SMILES string of the molecule is NNC(=O)c1c(F)cc(Br)cc1F. The molecule has 0 atom stereocenters. The molecule has 1 aromatic carbocycles. The Balaban J connectivity index is 3.28. The van der Waals surface area contributed by atoms with Crippen LogP contribution >= 0.6 is 15.9 Å². The number of nitrogens with two attached hydrogens (primary N) is 1. The lowest BCUT2D eigenvalue weighted by Crippen LogP contribution is -2.31. The number of carbonyl (C=O) groups is 1. The molecule has 1 amide bonds. The van der Waals surface area contributed by atoms with Gasteiger partial charge in [-0.25, -0.2) is 14.6 Å². The number of hydrazine groups is 1. The molecule has 0 spiro atoms. The summed E-state index contributed by atoms with van der Waals surface area (Å²) in [6.45, 7) is 0. The molecule has 3 N–H and O–H groups in total. The molecular weight excluding hydrogens is 246 g/mol. The van der Waals surface area contributed by atoms with Crippen LogP contribution in [0.15, 0.2) is 16.6 Å². The van der Waals surface area contributed by atoms with Crippen LogP contribution in [0.1, 0.15) is 10.4 Å². The van der Waals surface area contributed by atoms with Crippen LogP contribution in [-0.4, -0.2) is 5.91 Å². The van der Waals surface area contributed by atoms with E-state index in [9.17, 15) is 13.6 Å². The monoisotopic (exact) mass is 250 g/mol. The fourth-order valence-corrected chi connectivity index (χ4v) is 1.23. The third-order valence-electron chi connectivity index (χ3n) is 1.37. The van der Waals surface area contributed by atoms with E-state index < -0.39 is 23.1 Å². The molecule has 13 heavy (non-hydrogen) atoms. The molecule has 0 unspecified atom stereocenters. The van der Waals surface area contributed by atoms with Crippen molar-refractivity contribution in [2.45, 2.75) is 0 Å². The second-order valence-electron chi connectivity index (χ2n) is 2.22. The fourth-order valence-electron chi connectivity index (χ4n) is 0.831. The predicted molar refractivity (Wildman–Crippen MR) is 45.7 cm³/mol. The van der Waals surface area contributed by atoms with Gasteiger partial charge in [-0.3, -0.25) is 10.2 Å². The summed E-state index contributed by atoms with van der Waals surface area (Å²) >= 11 is 2.88. The van der Waals surface area contributed by atoms with Gasteiger partial charge in [-0.05, 0) is 12.1 Å². The summed E-state index contributed by atoms with van der Waals surface area (Å²) in [4.78, 5) is 10.8. The van der Waals surface area contributed by atoms with Crippen molar-refractivity contribution in [3.63, 3.8) is 0 Å². The Kier molecular flexibility index (Phi) is 2.94. The molecule has 0 aliphatic heterocycles. The van der Waals surface area contributed by atoms with Crippen LogP contribution in [0.2, 0.25) is 0 Å². The van der Waals surface area contributed by atoms with E-state index in [4.69, 9.17) is 5.84 Å². The molecule has 0 aliphatic rings. The number of amides is 1. The van der Waals surface area contributed by atoms with Gasteiger partial charge in [0.25, 0.3) is 5.91 Å². The first kappa shape index (κ1) is 10.1. The number of hydrogen-bond donors (Lipinski definition) is 2. The Morgan fingerprint density at radius 1 is 1.38 bits per heavy atom. The van der Waals surface area contributed by atoms with Gasteiger partial charge in [0.05, 0.1) is 0 Å². The summed E-state index contributed by atoms with van der Waals surface area (Å²) in [6, 6.07) is 1.96. The Morgan fingerprint density at radius 2 is 1.85 bits per heavy atom. The zero-order valence-corrected chi connectivity index (χ0v) is 7.86. The van der Waals surface area contributed by atoms with Crippen LogP contribution in [0.5, 0.6) is 0 Å². The molecule has 1 aromatic rings. The summed E-state index contributed by atoms with van der Waals surface area (Å²) in [5.41, 5.74) is 0.959. The summed E-state index contributed by atoms with van der Waals surface area (Å²) in [5.74, 6) is 1.81. The van der Waals surface area contributed by atoms with Gasteiger partial charge >= 0.3 is 0 Å². The smallest absolute Gasteiger partial charge is 0.271 e. The van der Waals surface area contributed by atoms with Crippen molar-refractivity contribution in [2.24, 2.45) is 5.84 Å². The molecule has 1 rings (SSSR count). The molecule has 0 saturated heterocycles. The number of carbonyl (C=O) groups excluding carboxylic acids is 1. The Hall–Kier alpha value is -1.01. The molecule has 6 heteroatoms. The van der Waals surface area contributed by atoms with Crippen LogP contribution in [0.25, 0.3) is 0 Å². The molecule has 0 aromatic heterocycles. The van der Waals surface area contributed by atoms with E-state index in [0.29, 0.717) is 0 Å². The molecule has 0 saturated carbocycles. The lowest BCUT2D eigenvalue weighted by Gasteiger charge is -2.03. The van der Waals surface area contributed by atoms with Crippen molar-refractivity contribution in [1.82, 2.24) is 5.43 Å². The molecule has 70 valence electrons. The third kappa shape index (κ3) is 2.02. The van der Waals surface area contributed by atoms with Crippen molar-refractivity contribution in [1.29, 1.82) is 0 Å². The normalized spacial score (nSPS) is 9.85. The van der Waals surface area contributed by atoms with Crippen molar-refractivity contribution < 1.29 is 13.6 Å². The largest absolute Gasteiger partial charge is 0.290 e. The topological polar surface area (TPSA) is 55.1 Å². The van der Waals surface area contributed by atoms with E-state index in [1.165, 1.54) is 0 Å². The molecule has 0 aliphatic carbocycles. The zero-order valence-electron chi connectivity index (χ0n) is 6.27. The minimum Gasteiger partial charge on any atom is -0.290 e. The maximum atomic E-state index is 13.0. The Bertz CT molecular complexity index is 333. The van der Waals surface area contributed by atoms with Crippen molar-refractivity contribution >= 4 is 21.8 Å². The van der Waals surface area contributed by atoms with Gasteiger partial charge in [-0.2, -0.15) is 0 Å². The number of nitrogen functional groups attached to an aromatic ring is 1. The molecule has 0 heterocycles. The minimum atomic E-state index is -0.998. The number of halogens is 3. The highest BCUT2D eigenvalue weighted by atomic mass is 79.9. The third-order valence-corrected chi connectivity index (χ3v) is 1.82. The van der Waals surface area contributed by atoms with Gasteiger partial charge in [-0.15, -0.1) is 0 Å². The molecule has 0 fully saturated rings. The highest BCUT2D eigenvalue weighted by Crippen LogP contribution is 2.18. The average Bonchev–Trinajstić information content (AvgIpc) is 2.02. The second-order valence-corrected chi connectivity index (χ2v) is 3.13. The van der Waals surface area contributed by atoms with Crippen LogP contribution in [0, 0.1) is 11.6 Å². The van der Waals surface area contributed by atoms with Crippen LogP contribution in [0.4, 0.5) is 8.78 Å². The number of benzene rings is 1. The van der Waals surface area contributed by atoms with E-state index in [1.807, 2.05) is 0 Å². The van der Waals surface area contributed by atoms with E-state index in [-0.39, 0.29) is 4.47 Å². The highest BCUT2D eigenvalue weighted by Gasteiger charge is 2.16. The van der Waals surface area contributed by atoms with Gasteiger partial charge in [0.2, 0.25) is 0 Å². The second kappa shape index (κ2) is 3.80. The zero-order chi connectivity index (χ0) is 10.0. The van der Waals surface area contributed by atoms with Crippen LogP contribution in [0.3, 0.4) is 0 Å². The van der Waals surface area contributed by atoms with E-state index in [1.54, 1.807) is 5.43 Å².